The molecule has 150 valence electrons. The largest absolute Gasteiger partial charge is 0.308 e. The lowest BCUT2D eigenvalue weighted by Gasteiger charge is -2.21. The van der Waals surface area contributed by atoms with Crippen molar-refractivity contribution >= 4 is 34.4 Å². The molecule has 0 aliphatic heterocycles. The number of aromatic amines is 1. The summed E-state index contributed by atoms with van der Waals surface area (Å²) in [5.41, 5.74) is 1.63. The van der Waals surface area contributed by atoms with Crippen LogP contribution in [0.2, 0.25) is 0 Å². The third-order valence-electron chi connectivity index (χ3n) is 4.47. The Kier molecular flexibility index (Phi) is 5.76. The second kappa shape index (κ2) is 8.79. The number of fused-ring (bicyclic) bond motifs is 1. The van der Waals surface area contributed by atoms with E-state index < -0.39 is 0 Å². The molecule has 4 rings (SSSR count). The number of hydrogen-bond acceptors (Lipinski definition) is 5. The van der Waals surface area contributed by atoms with Gasteiger partial charge >= 0.3 is 0 Å². The Morgan fingerprint density at radius 2 is 1.83 bits per heavy atom. The maximum Gasteiger partial charge on any atom is 0.269 e. The number of amides is 1. The number of para-hydroxylation sites is 2. The van der Waals surface area contributed by atoms with E-state index in [1.165, 1.54) is 22.5 Å². The van der Waals surface area contributed by atoms with Gasteiger partial charge in [-0.05, 0) is 24.3 Å². The second-order valence-corrected chi connectivity index (χ2v) is 7.36. The summed E-state index contributed by atoms with van der Waals surface area (Å²) >= 11 is 1.21. The van der Waals surface area contributed by atoms with Gasteiger partial charge in [-0.25, -0.2) is 4.98 Å². The van der Waals surface area contributed by atoms with Crippen LogP contribution in [0.1, 0.15) is 0 Å². The van der Waals surface area contributed by atoms with Crippen molar-refractivity contribution in [2.45, 2.75) is 5.16 Å². The highest BCUT2D eigenvalue weighted by Crippen LogP contribution is 2.22. The van der Waals surface area contributed by atoms with Crippen molar-refractivity contribution in [1.29, 1.82) is 0 Å². The maximum atomic E-state index is 13.1. The zero-order valence-electron chi connectivity index (χ0n) is 16.1. The van der Waals surface area contributed by atoms with Crippen LogP contribution >= 0.6 is 11.8 Å². The molecule has 1 amide bonds. The normalized spacial score (nSPS) is 10.8. The molecule has 0 bridgehead atoms. The van der Waals surface area contributed by atoms with E-state index in [2.05, 4.69) is 21.8 Å². The van der Waals surface area contributed by atoms with Crippen LogP contribution in [-0.2, 0) is 4.79 Å². The van der Waals surface area contributed by atoms with Crippen LogP contribution < -0.4 is 10.5 Å². The Labute approximate surface area is 177 Å². The van der Waals surface area contributed by atoms with Gasteiger partial charge in [-0.2, -0.15) is 5.10 Å². The molecule has 4 aromatic rings. The van der Waals surface area contributed by atoms with E-state index in [4.69, 9.17) is 0 Å². The monoisotopic (exact) mass is 417 g/mol. The van der Waals surface area contributed by atoms with E-state index in [9.17, 15) is 9.59 Å². The third-order valence-corrected chi connectivity index (χ3v) is 5.39. The summed E-state index contributed by atoms with van der Waals surface area (Å²) in [4.78, 5) is 32.2. The van der Waals surface area contributed by atoms with Gasteiger partial charge in [0.1, 0.15) is 5.39 Å². The number of nitrogens with one attached hydrogen (secondary N) is 1. The quantitative estimate of drug-likeness (QED) is 0.283. The second-order valence-electron chi connectivity index (χ2n) is 6.42. The third kappa shape index (κ3) is 3.90. The van der Waals surface area contributed by atoms with E-state index in [0.29, 0.717) is 28.4 Å². The molecular formula is C22H19N5O2S. The van der Waals surface area contributed by atoms with E-state index in [-0.39, 0.29) is 17.2 Å². The van der Waals surface area contributed by atoms with Crippen molar-refractivity contribution in [1.82, 2.24) is 19.7 Å². The summed E-state index contributed by atoms with van der Waals surface area (Å²) < 4.78 is 1.51. The Morgan fingerprint density at radius 1 is 1.13 bits per heavy atom. The van der Waals surface area contributed by atoms with Crippen LogP contribution in [-0.4, -0.2) is 38.0 Å². The summed E-state index contributed by atoms with van der Waals surface area (Å²) in [6.45, 7) is 4.14. The molecule has 8 heteroatoms. The molecule has 0 radical (unpaired) electrons. The smallest absolute Gasteiger partial charge is 0.269 e. The lowest BCUT2D eigenvalue weighted by Crippen LogP contribution is -2.32. The fraction of sp³-hybridized carbons (Fsp3) is 0.0909. The SMILES string of the molecule is C=CCN(C(=O)CSc1nc2[nH]ncc2c(=O)n1-c1ccccc1)c1ccccc1. The van der Waals surface area contributed by atoms with Gasteiger partial charge in [0.2, 0.25) is 5.91 Å². The Bertz CT molecular complexity index is 1230. The Hall–Kier alpha value is -3.65. The number of H-pyrrole nitrogens is 1. The molecule has 2 aromatic carbocycles. The number of aromatic nitrogens is 4. The minimum absolute atomic E-state index is 0.107. The van der Waals surface area contributed by atoms with Crippen LogP contribution in [0, 0.1) is 0 Å². The molecule has 0 unspecified atom stereocenters. The number of anilines is 1. The van der Waals surface area contributed by atoms with Gasteiger partial charge in [0.25, 0.3) is 5.56 Å². The number of hydrogen-bond donors (Lipinski definition) is 1. The lowest BCUT2D eigenvalue weighted by molar-refractivity contribution is -0.116. The average Bonchev–Trinajstić information content (AvgIpc) is 3.26. The number of carbonyl (C=O) groups is 1. The topological polar surface area (TPSA) is 83.9 Å². The van der Waals surface area contributed by atoms with Crippen molar-refractivity contribution in [2.24, 2.45) is 0 Å². The zero-order chi connectivity index (χ0) is 20.9. The van der Waals surface area contributed by atoms with E-state index in [1.807, 2.05) is 60.7 Å². The molecule has 0 fully saturated rings. The molecule has 30 heavy (non-hydrogen) atoms. The highest BCUT2D eigenvalue weighted by Gasteiger charge is 2.19. The standard InChI is InChI=1S/C22H19N5O2S/c1-2-13-26(16-9-5-3-6-10-16)19(28)15-30-22-24-20-18(14-23-25-20)21(29)27(22)17-11-7-4-8-12-17/h2-12,14H,1,13,15H2,(H,23,25). The molecule has 0 spiro atoms. The van der Waals surface area contributed by atoms with Gasteiger partial charge in [0.05, 0.1) is 17.6 Å². The number of carbonyl (C=O) groups excluding carboxylic acids is 1. The summed E-state index contributed by atoms with van der Waals surface area (Å²) in [7, 11) is 0. The van der Waals surface area contributed by atoms with Crippen LogP contribution in [0.15, 0.2) is 89.5 Å². The van der Waals surface area contributed by atoms with E-state index in [0.717, 1.165) is 5.69 Å². The van der Waals surface area contributed by atoms with Crippen molar-refractivity contribution < 1.29 is 4.79 Å². The summed E-state index contributed by atoms with van der Waals surface area (Å²) in [5, 5.41) is 7.48. The van der Waals surface area contributed by atoms with Crippen molar-refractivity contribution in [3.63, 3.8) is 0 Å². The van der Waals surface area contributed by atoms with Gasteiger partial charge in [-0.15, -0.1) is 6.58 Å². The minimum atomic E-state index is -0.235. The van der Waals surface area contributed by atoms with Crippen LogP contribution in [0.25, 0.3) is 16.7 Å². The lowest BCUT2D eigenvalue weighted by atomic mass is 10.3. The first-order valence-electron chi connectivity index (χ1n) is 9.29. The molecule has 0 saturated carbocycles. The zero-order valence-corrected chi connectivity index (χ0v) is 16.9. The highest BCUT2D eigenvalue weighted by atomic mass is 32.2. The summed E-state index contributed by atoms with van der Waals surface area (Å²) in [6.07, 6.45) is 3.15. The Morgan fingerprint density at radius 3 is 2.53 bits per heavy atom. The first-order chi connectivity index (χ1) is 14.7. The predicted octanol–water partition coefficient (Wildman–Crippen LogP) is 3.42. The van der Waals surface area contributed by atoms with E-state index >= 15 is 0 Å². The molecule has 0 aliphatic rings. The minimum Gasteiger partial charge on any atom is -0.308 e. The van der Waals surface area contributed by atoms with Gasteiger partial charge in [-0.3, -0.25) is 19.3 Å². The van der Waals surface area contributed by atoms with Crippen molar-refractivity contribution in [3.8, 4) is 5.69 Å². The van der Waals surface area contributed by atoms with Crippen molar-refractivity contribution in [3.05, 3.63) is 89.9 Å². The maximum absolute atomic E-state index is 13.1. The first-order valence-corrected chi connectivity index (χ1v) is 10.3. The molecular weight excluding hydrogens is 398 g/mol. The van der Waals surface area contributed by atoms with Gasteiger partial charge in [0, 0.05) is 12.2 Å². The predicted molar refractivity (Wildman–Crippen MR) is 119 cm³/mol. The summed E-state index contributed by atoms with van der Waals surface area (Å²) in [5.74, 6) is 0.00596. The van der Waals surface area contributed by atoms with Gasteiger partial charge < -0.3 is 4.90 Å². The van der Waals surface area contributed by atoms with Gasteiger partial charge in [-0.1, -0.05) is 54.2 Å². The first kappa shape index (κ1) is 19.7. The van der Waals surface area contributed by atoms with Gasteiger partial charge in [0.15, 0.2) is 10.8 Å². The number of nitrogens with zero attached hydrogens (tertiary/aromatic N) is 4. The van der Waals surface area contributed by atoms with Crippen LogP contribution in [0.4, 0.5) is 5.69 Å². The van der Waals surface area contributed by atoms with Crippen LogP contribution in [0.5, 0.6) is 0 Å². The fourth-order valence-electron chi connectivity index (χ4n) is 3.07. The summed E-state index contributed by atoms with van der Waals surface area (Å²) in [6, 6.07) is 18.6. The highest BCUT2D eigenvalue weighted by molar-refractivity contribution is 7.99. The molecule has 0 atom stereocenters. The fourth-order valence-corrected chi connectivity index (χ4v) is 3.95. The molecule has 0 saturated heterocycles. The molecule has 7 nitrogen and oxygen atoms in total. The number of benzene rings is 2. The Balaban J connectivity index is 1.67. The molecule has 1 N–H and O–H groups in total. The number of rotatable bonds is 7. The van der Waals surface area contributed by atoms with E-state index in [1.54, 1.807) is 11.0 Å². The number of thioether (sulfide) groups is 1. The molecule has 2 heterocycles. The molecule has 0 aliphatic carbocycles. The van der Waals surface area contributed by atoms with Crippen LogP contribution in [0.3, 0.4) is 0 Å². The van der Waals surface area contributed by atoms with Crippen molar-refractivity contribution in [2.75, 3.05) is 17.2 Å². The molecule has 2 aromatic heterocycles. The average molecular weight is 417 g/mol.